The minimum absolute atomic E-state index is 0.167. The maximum Gasteiger partial charge on any atom is 0.234 e. The van der Waals surface area contributed by atoms with Gasteiger partial charge in [0, 0.05) is 23.9 Å². The summed E-state index contributed by atoms with van der Waals surface area (Å²) in [6.07, 6.45) is 0. The smallest absolute Gasteiger partial charge is 0.234 e. The van der Waals surface area contributed by atoms with Crippen LogP contribution in [0, 0.1) is 11.3 Å². The van der Waals surface area contributed by atoms with Crippen LogP contribution in [0.1, 0.15) is 12.5 Å². The molecule has 1 heterocycles. The van der Waals surface area contributed by atoms with Crippen molar-refractivity contribution < 1.29 is 14.3 Å². The van der Waals surface area contributed by atoms with Gasteiger partial charge in [0.05, 0.1) is 31.6 Å². The molecule has 3 rings (SSSR count). The number of carbonyl (C=O) groups is 1. The third kappa shape index (κ3) is 4.90. The van der Waals surface area contributed by atoms with Gasteiger partial charge in [-0.25, -0.2) is 0 Å². The summed E-state index contributed by atoms with van der Waals surface area (Å²) in [4.78, 5) is 12.3. The lowest BCUT2D eigenvalue weighted by Gasteiger charge is -2.10. The monoisotopic (exact) mass is 423 g/mol. The number of amides is 1. The Labute approximate surface area is 178 Å². The summed E-state index contributed by atoms with van der Waals surface area (Å²) in [7, 11) is 3.19. The molecule has 154 valence electrons. The standard InChI is InChI=1S/C21H21N5O3S/c1-4-26-20(15-9-17(28-2)11-18(10-15)29-3)24-25-21(26)30-13-19(27)23-16-7-5-14(12-22)6-8-16/h5-11H,4,13H2,1-3H3,(H,23,27). The molecule has 0 aliphatic carbocycles. The van der Waals surface area contributed by atoms with Gasteiger partial charge in [0.25, 0.3) is 0 Å². The van der Waals surface area contributed by atoms with E-state index in [2.05, 4.69) is 15.5 Å². The Hall–Kier alpha value is -3.51. The number of ether oxygens (including phenoxy) is 2. The highest BCUT2D eigenvalue weighted by Gasteiger charge is 2.16. The number of hydrogen-bond donors (Lipinski definition) is 1. The fourth-order valence-corrected chi connectivity index (χ4v) is 3.59. The van der Waals surface area contributed by atoms with Crippen LogP contribution < -0.4 is 14.8 Å². The molecular formula is C21H21N5O3S. The summed E-state index contributed by atoms with van der Waals surface area (Å²) in [6, 6.07) is 14.3. The first-order valence-electron chi connectivity index (χ1n) is 9.17. The molecule has 0 unspecified atom stereocenters. The van der Waals surface area contributed by atoms with Crippen LogP contribution in [0.4, 0.5) is 5.69 Å². The summed E-state index contributed by atoms with van der Waals surface area (Å²) >= 11 is 1.30. The summed E-state index contributed by atoms with van der Waals surface area (Å²) < 4.78 is 12.6. The van der Waals surface area contributed by atoms with Gasteiger partial charge in [0.15, 0.2) is 11.0 Å². The minimum atomic E-state index is -0.167. The molecule has 0 aliphatic heterocycles. The zero-order valence-electron chi connectivity index (χ0n) is 16.9. The van der Waals surface area contributed by atoms with E-state index in [0.29, 0.717) is 40.3 Å². The van der Waals surface area contributed by atoms with Gasteiger partial charge in [-0.2, -0.15) is 5.26 Å². The minimum Gasteiger partial charge on any atom is -0.497 e. The Morgan fingerprint density at radius 3 is 2.37 bits per heavy atom. The van der Waals surface area contributed by atoms with E-state index in [0.717, 1.165) is 5.56 Å². The predicted octanol–water partition coefficient (Wildman–Crippen LogP) is 3.58. The summed E-state index contributed by atoms with van der Waals surface area (Å²) in [5, 5.41) is 20.9. The van der Waals surface area contributed by atoms with Crippen LogP contribution in [-0.2, 0) is 11.3 Å². The van der Waals surface area contributed by atoms with Crippen LogP contribution in [0.3, 0.4) is 0 Å². The lowest BCUT2D eigenvalue weighted by atomic mass is 10.2. The van der Waals surface area contributed by atoms with E-state index in [9.17, 15) is 4.79 Å². The summed E-state index contributed by atoms with van der Waals surface area (Å²) in [6.45, 7) is 2.63. The fourth-order valence-electron chi connectivity index (χ4n) is 2.79. The first-order chi connectivity index (χ1) is 14.6. The number of carbonyl (C=O) groups excluding carboxylic acids is 1. The zero-order chi connectivity index (χ0) is 21.5. The van der Waals surface area contributed by atoms with Crippen molar-refractivity contribution in [1.29, 1.82) is 5.26 Å². The molecule has 2 aromatic carbocycles. The quantitative estimate of drug-likeness (QED) is 0.553. The van der Waals surface area contributed by atoms with Crippen LogP contribution >= 0.6 is 11.8 Å². The second-order valence-electron chi connectivity index (χ2n) is 6.18. The number of aromatic nitrogens is 3. The number of methoxy groups -OCH3 is 2. The third-order valence-corrected chi connectivity index (χ3v) is 5.24. The van der Waals surface area contributed by atoms with E-state index in [1.165, 1.54) is 11.8 Å². The van der Waals surface area contributed by atoms with Crippen molar-refractivity contribution in [3.63, 3.8) is 0 Å². The SMILES string of the molecule is CCn1c(SCC(=O)Nc2ccc(C#N)cc2)nnc1-c1cc(OC)cc(OC)c1. The predicted molar refractivity (Wildman–Crippen MR) is 115 cm³/mol. The number of thioether (sulfide) groups is 1. The van der Waals surface area contributed by atoms with Gasteiger partial charge in [0.1, 0.15) is 11.5 Å². The van der Waals surface area contributed by atoms with E-state index in [1.807, 2.05) is 29.7 Å². The molecule has 0 saturated carbocycles. The second-order valence-corrected chi connectivity index (χ2v) is 7.12. The van der Waals surface area contributed by atoms with Crippen LogP contribution in [-0.4, -0.2) is 40.6 Å². The van der Waals surface area contributed by atoms with Gasteiger partial charge >= 0.3 is 0 Å². The molecule has 1 N–H and O–H groups in total. The van der Waals surface area contributed by atoms with Gasteiger partial charge in [-0.05, 0) is 43.3 Å². The fraction of sp³-hybridized carbons (Fsp3) is 0.238. The second kappa shape index (κ2) is 9.80. The molecule has 0 radical (unpaired) electrons. The molecule has 1 aromatic heterocycles. The van der Waals surface area contributed by atoms with Gasteiger partial charge in [0.2, 0.25) is 5.91 Å². The van der Waals surface area contributed by atoms with Crippen LogP contribution in [0.25, 0.3) is 11.4 Å². The average molecular weight is 423 g/mol. The van der Waals surface area contributed by atoms with Crippen molar-refractivity contribution in [3.05, 3.63) is 48.0 Å². The highest BCUT2D eigenvalue weighted by molar-refractivity contribution is 7.99. The molecule has 0 fully saturated rings. The van der Waals surface area contributed by atoms with Crippen molar-refractivity contribution >= 4 is 23.4 Å². The topological polar surface area (TPSA) is 102 Å². The van der Waals surface area contributed by atoms with Gasteiger partial charge in [-0.1, -0.05) is 11.8 Å². The number of hydrogen-bond acceptors (Lipinski definition) is 7. The maximum atomic E-state index is 12.3. The van der Waals surface area contributed by atoms with Gasteiger partial charge in [-0.15, -0.1) is 10.2 Å². The van der Waals surface area contributed by atoms with Crippen molar-refractivity contribution in [3.8, 4) is 29.0 Å². The third-order valence-electron chi connectivity index (χ3n) is 4.27. The zero-order valence-corrected chi connectivity index (χ0v) is 17.7. The Bertz CT molecular complexity index is 1050. The molecule has 3 aromatic rings. The normalized spacial score (nSPS) is 10.3. The number of benzene rings is 2. The number of nitrogens with one attached hydrogen (secondary N) is 1. The van der Waals surface area contributed by atoms with Crippen LogP contribution in [0.5, 0.6) is 11.5 Å². The van der Waals surface area contributed by atoms with Crippen LogP contribution in [0.2, 0.25) is 0 Å². The molecular weight excluding hydrogens is 402 g/mol. The largest absolute Gasteiger partial charge is 0.497 e. The van der Waals surface area contributed by atoms with Crippen molar-refractivity contribution in [2.24, 2.45) is 0 Å². The van der Waals surface area contributed by atoms with E-state index in [1.54, 1.807) is 44.6 Å². The van der Waals surface area contributed by atoms with Crippen molar-refractivity contribution in [2.45, 2.75) is 18.6 Å². The number of nitrogens with zero attached hydrogens (tertiary/aromatic N) is 4. The molecule has 0 atom stereocenters. The first kappa shape index (κ1) is 21.2. The first-order valence-corrected chi connectivity index (χ1v) is 10.2. The molecule has 1 amide bonds. The molecule has 30 heavy (non-hydrogen) atoms. The highest BCUT2D eigenvalue weighted by atomic mass is 32.2. The lowest BCUT2D eigenvalue weighted by molar-refractivity contribution is -0.113. The van der Waals surface area contributed by atoms with E-state index >= 15 is 0 Å². The molecule has 0 aliphatic rings. The number of anilines is 1. The Balaban J connectivity index is 1.73. The van der Waals surface area contributed by atoms with Crippen LogP contribution in [0.15, 0.2) is 47.6 Å². The molecule has 0 spiro atoms. The Morgan fingerprint density at radius 2 is 1.80 bits per heavy atom. The van der Waals surface area contributed by atoms with Gasteiger partial charge in [-0.3, -0.25) is 4.79 Å². The van der Waals surface area contributed by atoms with Crippen molar-refractivity contribution in [2.75, 3.05) is 25.3 Å². The maximum absolute atomic E-state index is 12.3. The highest BCUT2D eigenvalue weighted by Crippen LogP contribution is 2.30. The van der Waals surface area contributed by atoms with E-state index in [-0.39, 0.29) is 11.7 Å². The molecule has 0 bridgehead atoms. The van der Waals surface area contributed by atoms with Gasteiger partial charge < -0.3 is 19.4 Å². The van der Waals surface area contributed by atoms with E-state index < -0.39 is 0 Å². The number of nitriles is 1. The summed E-state index contributed by atoms with van der Waals surface area (Å²) in [5.41, 5.74) is 2.00. The van der Waals surface area contributed by atoms with Crippen molar-refractivity contribution in [1.82, 2.24) is 14.8 Å². The molecule has 0 saturated heterocycles. The van der Waals surface area contributed by atoms with E-state index in [4.69, 9.17) is 14.7 Å². The molecule has 8 nitrogen and oxygen atoms in total. The summed E-state index contributed by atoms with van der Waals surface area (Å²) in [5.74, 6) is 2.00. The average Bonchev–Trinajstić information content (AvgIpc) is 3.20. The molecule has 9 heteroatoms. The Morgan fingerprint density at radius 1 is 1.13 bits per heavy atom. The Kier molecular flexibility index (Phi) is 6.93. The number of rotatable bonds is 8. The lowest BCUT2D eigenvalue weighted by Crippen LogP contribution is -2.14.